The van der Waals surface area contributed by atoms with E-state index in [1.807, 2.05) is 43.3 Å². The largest absolute Gasteiger partial charge is 0.310 e. The van der Waals surface area contributed by atoms with Gasteiger partial charge in [-0.05, 0) is 30.2 Å². The van der Waals surface area contributed by atoms with Crippen molar-refractivity contribution in [2.45, 2.75) is 18.8 Å². The van der Waals surface area contributed by atoms with Gasteiger partial charge in [0.15, 0.2) is 0 Å². The first-order valence-electron chi connectivity index (χ1n) is 9.48. The van der Waals surface area contributed by atoms with Gasteiger partial charge in [0.2, 0.25) is 11.8 Å². The highest BCUT2D eigenvalue weighted by Crippen LogP contribution is 2.53. The lowest BCUT2D eigenvalue weighted by atomic mass is 9.71. The first kappa shape index (κ1) is 18.5. The molecule has 148 valence electrons. The van der Waals surface area contributed by atoms with Crippen molar-refractivity contribution >= 4 is 34.9 Å². The fourth-order valence-corrected chi connectivity index (χ4v) is 4.80. The van der Waals surface area contributed by atoms with Crippen LogP contribution in [-0.4, -0.2) is 28.1 Å². The molecule has 1 atom stereocenters. The van der Waals surface area contributed by atoms with Gasteiger partial charge in [-0.3, -0.25) is 14.5 Å². The maximum absolute atomic E-state index is 13.8. The van der Waals surface area contributed by atoms with Gasteiger partial charge in [0.25, 0.3) is 0 Å². The Morgan fingerprint density at radius 2 is 2.00 bits per heavy atom. The molecule has 0 saturated carbocycles. The molecule has 2 aliphatic rings. The minimum absolute atomic E-state index is 0.00935. The first-order chi connectivity index (χ1) is 14.5. The van der Waals surface area contributed by atoms with E-state index in [2.05, 4.69) is 16.3 Å². The molecule has 0 radical (unpaired) electrons. The van der Waals surface area contributed by atoms with Gasteiger partial charge in [0, 0.05) is 12.0 Å². The Labute approximate surface area is 178 Å². The van der Waals surface area contributed by atoms with E-state index in [0.29, 0.717) is 22.1 Å². The molecule has 0 fully saturated rings. The van der Waals surface area contributed by atoms with E-state index in [4.69, 9.17) is 18.0 Å². The normalized spacial score (nSPS) is 19.4. The van der Waals surface area contributed by atoms with Crippen LogP contribution in [0.4, 0.5) is 11.5 Å². The lowest BCUT2D eigenvalue weighted by Crippen LogP contribution is -2.46. The summed E-state index contributed by atoms with van der Waals surface area (Å²) in [6.45, 7) is 2.07. The van der Waals surface area contributed by atoms with E-state index in [1.54, 1.807) is 21.8 Å². The summed E-state index contributed by atoms with van der Waals surface area (Å²) in [7, 11) is 0. The fraction of sp³-hybridized carbons (Fsp3) is 0.174. The van der Waals surface area contributed by atoms with Crippen molar-refractivity contribution < 1.29 is 9.59 Å². The first-order valence-corrected chi connectivity index (χ1v) is 9.85. The van der Waals surface area contributed by atoms with Crippen LogP contribution in [0.5, 0.6) is 0 Å². The van der Waals surface area contributed by atoms with Crippen LogP contribution in [0.2, 0.25) is 5.02 Å². The van der Waals surface area contributed by atoms with E-state index in [0.717, 1.165) is 16.8 Å². The summed E-state index contributed by atoms with van der Waals surface area (Å²) in [5.41, 5.74) is 2.56. The van der Waals surface area contributed by atoms with Crippen LogP contribution in [-0.2, 0) is 15.0 Å². The summed E-state index contributed by atoms with van der Waals surface area (Å²) in [5, 5.41) is 7.87. The number of terminal acetylenes is 1. The third-order valence-corrected chi connectivity index (χ3v) is 6.14. The van der Waals surface area contributed by atoms with Gasteiger partial charge in [-0.1, -0.05) is 47.9 Å². The number of rotatable bonds is 2. The number of aryl methyl sites for hydroxylation is 1. The molecule has 3 heterocycles. The number of benzene rings is 2. The highest BCUT2D eigenvalue weighted by Gasteiger charge is 2.57. The Bertz CT molecular complexity index is 1270. The van der Waals surface area contributed by atoms with Crippen LogP contribution in [0.25, 0.3) is 5.69 Å². The van der Waals surface area contributed by atoms with Crippen molar-refractivity contribution in [3.8, 4) is 18.0 Å². The molecular weight excluding hydrogens is 400 g/mol. The highest BCUT2D eigenvalue weighted by atomic mass is 35.5. The number of nitrogens with one attached hydrogen (secondary N) is 1. The predicted molar refractivity (Wildman–Crippen MR) is 115 cm³/mol. The van der Waals surface area contributed by atoms with Crippen molar-refractivity contribution in [2.24, 2.45) is 0 Å². The number of carbonyl (C=O) groups is 2. The molecule has 3 aromatic rings. The summed E-state index contributed by atoms with van der Waals surface area (Å²) in [6.07, 6.45) is 7.19. The zero-order valence-corrected chi connectivity index (χ0v) is 16.9. The molecule has 7 heteroatoms. The number of amides is 2. The third kappa shape index (κ3) is 2.30. The van der Waals surface area contributed by atoms with Crippen molar-refractivity contribution in [2.75, 3.05) is 16.8 Å². The number of hydrogen-bond donors (Lipinski definition) is 1. The van der Waals surface area contributed by atoms with Crippen LogP contribution in [0.3, 0.4) is 0 Å². The van der Waals surface area contributed by atoms with Crippen LogP contribution < -0.4 is 10.2 Å². The van der Waals surface area contributed by atoms with Crippen LogP contribution in [0.1, 0.15) is 23.1 Å². The Morgan fingerprint density at radius 1 is 1.20 bits per heavy atom. The fourth-order valence-electron chi connectivity index (χ4n) is 4.58. The summed E-state index contributed by atoms with van der Waals surface area (Å²) >= 11 is 6.37. The maximum Gasteiger partial charge on any atom is 0.243 e. The van der Waals surface area contributed by atoms with Crippen molar-refractivity contribution in [3.05, 3.63) is 70.4 Å². The molecule has 2 aliphatic heterocycles. The molecule has 0 bridgehead atoms. The molecule has 30 heavy (non-hydrogen) atoms. The molecule has 0 unspecified atom stereocenters. The lowest BCUT2D eigenvalue weighted by Gasteiger charge is -2.32. The number of fused-ring (bicyclic) bond motifs is 4. The van der Waals surface area contributed by atoms with Gasteiger partial charge in [0.05, 0.1) is 29.1 Å². The second kappa shape index (κ2) is 6.48. The number of halogens is 1. The van der Waals surface area contributed by atoms with Crippen molar-refractivity contribution in [1.82, 2.24) is 9.78 Å². The summed E-state index contributed by atoms with van der Waals surface area (Å²) in [6, 6.07) is 12.9. The maximum atomic E-state index is 13.8. The van der Waals surface area contributed by atoms with Crippen LogP contribution in [0, 0.1) is 19.3 Å². The van der Waals surface area contributed by atoms with E-state index >= 15 is 0 Å². The topological polar surface area (TPSA) is 67.2 Å². The Kier molecular flexibility index (Phi) is 3.99. The van der Waals surface area contributed by atoms with Crippen LogP contribution in [0.15, 0.2) is 48.7 Å². The van der Waals surface area contributed by atoms with Gasteiger partial charge in [0.1, 0.15) is 11.2 Å². The van der Waals surface area contributed by atoms with Gasteiger partial charge >= 0.3 is 0 Å². The Hall–Kier alpha value is -3.56. The molecule has 0 saturated heterocycles. The molecule has 0 aliphatic carbocycles. The predicted octanol–water partition coefficient (Wildman–Crippen LogP) is 3.44. The number of carbonyl (C=O) groups excluding carboxylic acids is 2. The van der Waals surface area contributed by atoms with E-state index in [9.17, 15) is 9.59 Å². The second-order valence-electron chi connectivity index (χ2n) is 7.47. The zero-order valence-electron chi connectivity index (χ0n) is 16.1. The summed E-state index contributed by atoms with van der Waals surface area (Å²) in [5.74, 6) is 2.54. The molecule has 6 nitrogen and oxygen atoms in total. The monoisotopic (exact) mass is 416 g/mol. The Balaban J connectivity index is 1.80. The van der Waals surface area contributed by atoms with E-state index in [1.165, 1.54) is 0 Å². The highest BCUT2D eigenvalue weighted by molar-refractivity contribution is 6.32. The number of para-hydroxylation sites is 2. The van der Waals surface area contributed by atoms with E-state index in [-0.39, 0.29) is 24.8 Å². The molecule has 1 aromatic heterocycles. The number of aromatic nitrogens is 2. The average Bonchev–Trinajstić information content (AvgIpc) is 3.24. The number of nitrogens with zero attached hydrogens (tertiary/aromatic N) is 3. The van der Waals surface area contributed by atoms with Crippen molar-refractivity contribution in [1.29, 1.82) is 0 Å². The molecule has 2 aromatic carbocycles. The SMILES string of the molecule is C#CCN1C(=O)[C@]2(CC(=O)Nc3c2cnn3-c2ccccc2Cl)c2cccc(C)c21. The van der Waals surface area contributed by atoms with Crippen molar-refractivity contribution in [3.63, 3.8) is 0 Å². The summed E-state index contributed by atoms with van der Waals surface area (Å²) < 4.78 is 1.57. The standard InChI is InChI=1S/C23H17ClN4O2/c1-3-11-27-20-14(2)7-6-8-15(20)23(22(27)30)12-19(29)26-21-16(23)13-25-28(21)18-10-5-4-9-17(18)24/h1,4-10,13H,11-12H2,2H3,(H,26,29)/t23-/m1/s1. The van der Waals surface area contributed by atoms with Gasteiger partial charge in [-0.2, -0.15) is 5.10 Å². The molecule has 1 N–H and O–H groups in total. The molecular formula is C23H17ClN4O2. The zero-order chi connectivity index (χ0) is 21.0. The smallest absolute Gasteiger partial charge is 0.243 e. The number of anilines is 2. The minimum atomic E-state index is -1.17. The molecule has 1 spiro atoms. The summed E-state index contributed by atoms with van der Waals surface area (Å²) in [4.78, 5) is 28.2. The molecule has 5 rings (SSSR count). The third-order valence-electron chi connectivity index (χ3n) is 5.82. The van der Waals surface area contributed by atoms with E-state index < -0.39 is 5.41 Å². The quantitative estimate of drug-likeness (QED) is 0.651. The lowest BCUT2D eigenvalue weighted by molar-refractivity contribution is -0.126. The van der Waals surface area contributed by atoms with Gasteiger partial charge < -0.3 is 5.32 Å². The van der Waals surface area contributed by atoms with Gasteiger partial charge in [-0.15, -0.1) is 6.42 Å². The minimum Gasteiger partial charge on any atom is -0.310 e. The van der Waals surface area contributed by atoms with Crippen LogP contribution >= 0.6 is 11.6 Å². The molecule has 2 amide bonds. The second-order valence-corrected chi connectivity index (χ2v) is 7.87. The Morgan fingerprint density at radius 3 is 2.77 bits per heavy atom. The average molecular weight is 417 g/mol. The van der Waals surface area contributed by atoms with Gasteiger partial charge in [-0.25, -0.2) is 4.68 Å². The number of hydrogen-bond acceptors (Lipinski definition) is 3.